The van der Waals surface area contributed by atoms with E-state index < -0.39 is 0 Å². The first-order chi connectivity index (χ1) is 12.5. The van der Waals surface area contributed by atoms with Gasteiger partial charge in [0.25, 0.3) is 11.8 Å². The van der Waals surface area contributed by atoms with Gasteiger partial charge in [0.2, 0.25) is 0 Å². The molecule has 0 atom stereocenters. The van der Waals surface area contributed by atoms with Crippen LogP contribution in [-0.2, 0) is 0 Å². The number of carbonyl (C=O) groups is 2. The van der Waals surface area contributed by atoms with Crippen molar-refractivity contribution >= 4 is 44.7 Å². The van der Waals surface area contributed by atoms with E-state index in [1.807, 2.05) is 36.6 Å². The van der Waals surface area contributed by atoms with E-state index >= 15 is 0 Å². The van der Waals surface area contributed by atoms with Gasteiger partial charge in [-0.05, 0) is 31.9 Å². The number of nitrogen functional groups attached to an aromatic ring is 1. The molecule has 1 aliphatic rings. The van der Waals surface area contributed by atoms with Gasteiger partial charge in [-0.15, -0.1) is 11.3 Å². The predicted molar refractivity (Wildman–Crippen MR) is 104 cm³/mol. The molecular weight excluding hydrogens is 348 g/mol. The van der Waals surface area contributed by atoms with E-state index in [1.165, 1.54) is 17.5 Å². The molecule has 1 saturated carbocycles. The molecule has 1 aromatic carbocycles. The lowest BCUT2D eigenvalue weighted by Gasteiger charge is -2.13. The molecule has 3 aromatic rings. The zero-order chi connectivity index (χ0) is 18.3. The van der Waals surface area contributed by atoms with Gasteiger partial charge in [-0.2, -0.15) is 0 Å². The van der Waals surface area contributed by atoms with E-state index in [1.54, 1.807) is 6.07 Å². The van der Waals surface area contributed by atoms with Gasteiger partial charge in [-0.3, -0.25) is 9.59 Å². The number of amides is 2. The molecule has 0 aliphatic heterocycles. The number of nitrogens with one attached hydrogen (secondary N) is 2. The maximum atomic E-state index is 12.7. The Balaban J connectivity index is 1.58. The zero-order valence-electron chi connectivity index (χ0n) is 14.2. The van der Waals surface area contributed by atoms with Crippen molar-refractivity contribution in [3.8, 4) is 0 Å². The van der Waals surface area contributed by atoms with Crippen molar-refractivity contribution in [2.24, 2.45) is 0 Å². The third-order valence-electron chi connectivity index (χ3n) is 4.57. The summed E-state index contributed by atoms with van der Waals surface area (Å²) in [6, 6.07) is 9.27. The number of pyridine rings is 1. The van der Waals surface area contributed by atoms with Crippen LogP contribution in [0.25, 0.3) is 10.1 Å². The van der Waals surface area contributed by atoms with Crippen LogP contribution in [0.4, 0.5) is 11.5 Å². The maximum Gasteiger partial charge on any atom is 0.257 e. The Kier molecular flexibility index (Phi) is 3.88. The van der Waals surface area contributed by atoms with Crippen LogP contribution in [0, 0.1) is 0 Å². The number of anilines is 2. The van der Waals surface area contributed by atoms with Gasteiger partial charge in [0.05, 0.1) is 16.8 Å². The second kappa shape index (κ2) is 6.10. The molecule has 4 rings (SSSR count). The van der Waals surface area contributed by atoms with Gasteiger partial charge in [0.15, 0.2) is 0 Å². The average Bonchev–Trinajstić information content (AvgIpc) is 3.19. The fraction of sp³-hybridized carbons (Fsp3) is 0.211. The van der Waals surface area contributed by atoms with E-state index in [0.29, 0.717) is 16.8 Å². The minimum absolute atomic E-state index is 0.128. The Hall–Kier alpha value is -2.93. The van der Waals surface area contributed by atoms with Crippen molar-refractivity contribution in [2.45, 2.75) is 25.3 Å². The first-order valence-electron chi connectivity index (χ1n) is 8.31. The number of thiophene rings is 1. The molecule has 1 aliphatic carbocycles. The highest BCUT2D eigenvalue weighted by Gasteiger charge is 2.38. The van der Waals surface area contributed by atoms with Gasteiger partial charge in [0.1, 0.15) is 5.82 Å². The summed E-state index contributed by atoms with van der Waals surface area (Å²) < 4.78 is 1.04. The SMILES string of the molecule is CC1(NC(=O)c2cnc(N)c(NC(=O)c3csc4ccccc34)c2)CC1. The van der Waals surface area contributed by atoms with Crippen LogP contribution in [0.15, 0.2) is 41.9 Å². The molecule has 132 valence electrons. The van der Waals surface area contributed by atoms with Crippen LogP contribution in [-0.4, -0.2) is 22.3 Å². The lowest BCUT2D eigenvalue weighted by Crippen LogP contribution is -2.34. The van der Waals surface area contributed by atoms with Crippen molar-refractivity contribution in [1.29, 1.82) is 0 Å². The van der Waals surface area contributed by atoms with Gasteiger partial charge in [0, 0.05) is 27.2 Å². The summed E-state index contributed by atoms with van der Waals surface area (Å²) in [5.41, 5.74) is 7.04. The van der Waals surface area contributed by atoms with Crippen LogP contribution < -0.4 is 16.4 Å². The fourth-order valence-corrected chi connectivity index (χ4v) is 3.64. The summed E-state index contributed by atoms with van der Waals surface area (Å²) in [5.74, 6) is -0.316. The number of nitrogens with zero attached hydrogens (tertiary/aromatic N) is 1. The molecule has 26 heavy (non-hydrogen) atoms. The van der Waals surface area contributed by atoms with E-state index in [2.05, 4.69) is 15.6 Å². The number of carbonyl (C=O) groups excluding carboxylic acids is 2. The standard InChI is InChI=1S/C19H18N4O2S/c1-19(6-7-19)23-17(24)11-8-14(16(20)21-9-11)22-18(25)13-10-26-15-5-3-2-4-12(13)15/h2-5,8-10H,6-7H2,1H3,(H2,20,21)(H,22,25)(H,23,24). The zero-order valence-corrected chi connectivity index (χ0v) is 15.0. The highest BCUT2D eigenvalue weighted by atomic mass is 32.1. The molecular formula is C19H18N4O2S. The molecule has 1 fully saturated rings. The summed E-state index contributed by atoms with van der Waals surface area (Å²) in [4.78, 5) is 29.1. The van der Waals surface area contributed by atoms with Gasteiger partial charge >= 0.3 is 0 Å². The molecule has 0 spiro atoms. The quantitative estimate of drug-likeness (QED) is 0.659. The third kappa shape index (κ3) is 3.13. The fourth-order valence-electron chi connectivity index (χ4n) is 2.70. The summed E-state index contributed by atoms with van der Waals surface area (Å²) >= 11 is 1.51. The summed E-state index contributed by atoms with van der Waals surface area (Å²) in [5, 5.41) is 8.45. The lowest BCUT2D eigenvalue weighted by molar-refractivity contribution is 0.0934. The smallest absolute Gasteiger partial charge is 0.257 e. The van der Waals surface area contributed by atoms with E-state index in [0.717, 1.165) is 22.9 Å². The third-order valence-corrected chi connectivity index (χ3v) is 5.53. The van der Waals surface area contributed by atoms with E-state index in [-0.39, 0.29) is 23.2 Å². The first kappa shape index (κ1) is 16.5. The van der Waals surface area contributed by atoms with Crippen LogP contribution in [0.3, 0.4) is 0 Å². The topological polar surface area (TPSA) is 97.1 Å². The Labute approximate surface area is 154 Å². The van der Waals surface area contributed by atoms with Crippen LogP contribution >= 0.6 is 11.3 Å². The van der Waals surface area contributed by atoms with Crippen LogP contribution in [0.1, 0.15) is 40.5 Å². The second-order valence-electron chi connectivity index (χ2n) is 6.77. The normalized spacial score (nSPS) is 14.8. The van der Waals surface area contributed by atoms with Crippen molar-refractivity contribution < 1.29 is 9.59 Å². The molecule has 2 aromatic heterocycles. The largest absolute Gasteiger partial charge is 0.382 e. The Morgan fingerprint density at radius 2 is 2.00 bits per heavy atom. The minimum Gasteiger partial charge on any atom is -0.382 e. The lowest BCUT2D eigenvalue weighted by atomic mass is 10.1. The van der Waals surface area contributed by atoms with Gasteiger partial charge in [-0.1, -0.05) is 18.2 Å². The average molecular weight is 366 g/mol. The van der Waals surface area contributed by atoms with E-state index in [4.69, 9.17) is 5.73 Å². The molecule has 0 radical (unpaired) electrons. The molecule has 7 heteroatoms. The monoisotopic (exact) mass is 366 g/mol. The van der Waals surface area contributed by atoms with Gasteiger partial charge < -0.3 is 16.4 Å². The van der Waals surface area contributed by atoms with Crippen molar-refractivity contribution in [3.63, 3.8) is 0 Å². The Morgan fingerprint density at radius 1 is 1.23 bits per heavy atom. The molecule has 0 unspecified atom stereocenters. The number of hydrogen-bond acceptors (Lipinski definition) is 5. The first-order valence-corrected chi connectivity index (χ1v) is 9.19. The Bertz CT molecular complexity index is 1020. The van der Waals surface area contributed by atoms with Crippen molar-refractivity contribution in [2.75, 3.05) is 11.1 Å². The second-order valence-corrected chi connectivity index (χ2v) is 7.68. The van der Waals surface area contributed by atoms with Crippen molar-refractivity contribution in [3.05, 3.63) is 53.0 Å². The summed E-state index contributed by atoms with van der Waals surface area (Å²) in [7, 11) is 0. The van der Waals surface area contributed by atoms with Gasteiger partial charge in [-0.25, -0.2) is 4.98 Å². The molecule has 2 amide bonds. The predicted octanol–water partition coefficient (Wildman–Crippen LogP) is 3.41. The summed E-state index contributed by atoms with van der Waals surface area (Å²) in [6.45, 7) is 2.00. The number of aromatic nitrogens is 1. The van der Waals surface area contributed by atoms with E-state index in [9.17, 15) is 9.59 Å². The molecule has 0 saturated heterocycles. The molecule has 6 nitrogen and oxygen atoms in total. The number of rotatable bonds is 4. The Morgan fingerprint density at radius 3 is 2.77 bits per heavy atom. The number of nitrogens with two attached hydrogens (primary N) is 1. The number of hydrogen-bond donors (Lipinski definition) is 3. The molecule has 2 heterocycles. The number of benzene rings is 1. The van der Waals surface area contributed by atoms with Crippen molar-refractivity contribution in [1.82, 2.24) is 10.3 Å². The van der Waals surface area contributed by atoms with Crippen LogP contribution in [0.2, 0.25) is 0 Å². The number of fused-ring (bicyclic) bond motifs is 1. The highest BCUT2D eigenvalue weighted by molar-refractivity contribution is 7.17. The molecule has 0 bridgehead atoms. The highest BCUT2D eigenvalue weighted by Crippen LogP contribution is 2.34. The minimum atomic E-state index is -0.275. The van der Waals surface area contributed by atoms with Crippen LogP contribution in [0.5, 0.6) is 0 Å². The molecule has 4 N–H and O–H groups in total. The summed E-state index contributed by atoms with van der Waals surface area (Å²) in [6.07, 6.45) is 3.36. The maximum absolute atomic E-state index is 12.7.